The molecule has 0 atom stereocenters. The number of likely N-dealkylation sites (tertiary alicyclic amines) is 1. The lowest BCUT2D eigenvalue weighted by molar-refractivity contribution is -0.128. The average Bonchev–Trinajstić information content (AvgIpc) is 3.18. The van der Waals surface area contributed by atoms with Crippen LogP contribution in [0.4, 0.5) is 5.69 Å². The highest BCUT2D eigenvalue weighted by Gasteiger charge is 2.21. The highest BCUT2D eigenvalue weighted by molar-refractivity contribution is 5.94. The second kappa shape index (κ2) is 9.33. The fourth-order valence-electron chi connectivity index (χ4n) is 4.53. The monoisotopic (exact) mass is 405 g/mol. The van der Waals surface area contributed by atoms with Crippen LogP contribution in [0.25, 0.3) is 0 Å². The summed E-state index contributed by atoms with van der Waals surface area (Å²) in [5.41, 5.74) is 4.13. The maximum absolute atomic E-state index is 13.1. The maximum atomic E-state index is 13.1. The molecule has 0 spiro atoms. The lowest BCUT2D eigenvalue weighted by Gasteiger charge is -2.31. The predicted octanol–water partition coefficient (Wildman–Crippen LogP) is 4.07. The van der Waals surface area contributed by atoms with E-state index >= 15 is 0 Å². The minimum atomic E-state index is 0.0121. The van der Waals surface area contributed by atoms with Crippen LogP contribution in [0.15, 0.2) is 48.5 Å². The Labute approximate surface area is 179 Å². The van der Waals surface area contributed by atoms with E-state index in [1.54, 1.807) is 4.90 Å². The Morgan fingerprint density at radius 1 is 0.967 bits per heavy atom. The van der Waals surface area contributed by atoms with Gasteiger partial charge in [0.05, 0.1) is 0 Å². The summed E-state index contributed by atoms with van der Waals surface area (Å²) in [6, 6.07) is 16.1. The van der Waals surface area contributed by atoms with Gasteiger partial charge in [0.1, 0.15) is 0 Å². The van der Waals surface area contributed by atoms with Crippen molar-refractivity contribution in [3.8, 4) is 0 Å². The van der Waals surface area contributed by atoms with E-state index in [1.165, 1.54) is 30.5 Å². The fraction of sp³-hybridized carbons (Fsp3) is 0.440. The van der Waals surface area contributed by atoms with Crippen molar-refractivity contribution in [1.82, 2.24) is 9.80 Å². The molecular formula is C25H31N3O2. The van der Waals surface area contributed by atoms with E-state index < -0.39 is 0 Å². The molecule has 0 aromatic heterocycles. The lowest BCUT2D eigenvalue weighted by atomic mass is 10.1. The smallest absolute Gasteiger partial charge is 0.253 e. The lowest BCUT2D eigenvalue weighted by Crippen LogP contribution is -2.32. The van der Waals surface area contributed by atoms with Gasteiger partial charge in [0.15, 0.2) is 0 Å². The number of hydrogen-bond donors (Lipinski definition) is 0. The highest BCUT2D eigenvalue weighted by Crippen LogP contribution is 2.25. The van der Waals surface area contributed by atoms with Gasteiger partial charge in [0.2, 0.25) is 5.91 Å². The Morgan fingerprint density at radius 3 is 2.53 bits per heavy atom. The molecule has 0 radical (unpaired) electrons. The number of nitrogens with zero attached hydrogens (tertiary/aromatic N) is 3. The van der Waals surface area contributed by atoms with Crippen LogP contribution in [0.1, 0.15) is 53.6 Å². The second-order valence-corrected chi connectivity index (χ2v) is 8.46. The molecule has 2 heterocycles. The van der Waals surface area contributed by atoms with Crippen molar-refractivity contribution in [3.63, 3.8) is 0 Å². The van der Waals surface area contributed by atoms with E-state index in [1.807, 2.05) is 36.2 Å². The van der Waals surface area contributed by atoms with Gasteiger partial charge in [0.25, 0.3) is 5.91 Å². The molecule has 0 aliphatic carbocycles. The number of para-hydroxylation sites is 1. The van der Waals surface area contributed by atoms with Gasteiger partial charge in [-0.3, -0.25) is 9.59 Å². The van der Waals surface area contributed by atoms with E-state index in [4.69, 9.17) is 0 Å². The minimum absolute atomic E-state index is 0.0121. The molecule has 158 valence electrons. The summed E-state index contributed by atoms with van der Waals surface area (Å²) in [7, 11) is 1.87. The van der Waals surface area contributed by atoms with Crippen LogP contribution >= 0.6 is 0 Å². The predicted molar refractivity (Wildman–Crippen MR) is 119 cm³/mol. The molecule has 0 saturated carbocycles. The van der Waals surface area contributed by atoms with Crippen molar-refractivity contribution in [2.24, 2.45) is 0 Å². The fourth-order valence-corrected chi connectivity index (χ4v) is 4.53. The molecule has 4 rings (SSSR count). The topological polar surface area (TPSA) is 43.9 Å². The highest BCUT2D eigenvalue weighted by atomic mass is 16.2. The van der Waals surface area contributed by atoms with Crippen LogP contribution in [-0.2, 0) is 17.9 Å². The van der Waals surface area contributed by atoms with E-state index in [-0.39, 0.29) is 11.8 Å². The van der Waals surface area contributed by atoms with Crippen molar-refractivity contribution >= 4 is 17.5 Å². The number of benzene rings is 2. The molecular weight excluding hydrogens is 374 g/mol. The Hall–Kier alpha value is -2.82. The SMILES string of the molecule is CN(Cc1ccccc1N1CCCCC1)C(=O)c1cccc(CN2CCCC2=O)c1. The average molecular weight is 406 g/mol. The number of amides is 2. The summed E-state index contributed by atoms with van der Waals surface area (Å²) >= 11 is 0. The molecule has 2 aliphatic rings. The number of piperidine rings is 1. The third-order valence-corrected chi connectivity index (χ3v) is 6.16. The van der Waals surface area contributed by atoms with Gasteiger partial charge < -0.3 is 14.7 Å². The van der Waals surface area contributed by atoms with Crippen molar-refractivity contribution in [2.45, 2.75) is 45.2 Å². The van der Waals surface area contributed by atoms with E-state index in [9.17, 15) is 9.59 Å². The zero-order valence-electron chi connectivity index (χ0n) is 17.8. The van der Waals surface area contributed by atoms with Gasteiger partial charge in [0, 0.05) is 57.4 Å². The van der Waals surface area contributed by atoms with Crippen LogP contribution in [0.3, 0.4) is 0 Å². The number of carbonyl (C=O) groups excluding carboxylic acids is 2. The summed E-state index contributed by atoms with van der Waals surface area (Å²) in [5, 5.41) is 0. The molecule has 2 fully saturated rings. The molecule has 2 saturated heterocycles. The maximum Gasteiger partial charge on any atom is 0.253 e. The van der Waals surface area contributed by atoms with Gasteiger partial charge in [-0.05, 0) is 55.0 Å². The van der Waals surface area contributed by atoms with Crippen LogP contribution in [0.2, 0.25) is 0 Å². The van der Waals surface area contributed by atoms with E-state index in [2.05, 4.69) is 29.2 Å². The largest absolute Gasteiger partial charge is 0.371 e. The van der Waals surface area contributed by atoms with Gasteiger partial charge in [-0.2, -0.15) is 0 Å². The molecule has 2 aromatic rings. The Bertz CT molecular complexity index is 905. The first-order valence-corrected chi connectivity index (χ1v) is 11.1. The van der Waals surface area contributed by atoms with Gasteiger partial charge in [-0.25, -0.2) is 0 Å². The van der Waals surface area contributed by atoms with E-state index in [0.29, 0.717) is 25.1 Å². The Kier molecular flexibility index (Phi) is 6.36. The first kappa shape index (κ1) is 20.5. The third kappa shape index (κ3) is 4.66. The molecule has 0 N–H and O–H groups in total. The molecule has 0 bridgehead atoms. The van der Waals surface area contributed by atoms with Crippen LogP contribution in [-0.4, -0.2) is 48.3 Å². The minimum Gasteiger partial charge on any atom is -0.371 e. The number of carbonyl (C=O) groups is 2. The molecule has 2 amide bonds. The summed E-state index contributed by atoms with van der Waals surface area (Å²) in [6.45, 7) is 4.16. The van der Waals surface area contributed by atoms with Crippen LogP contribution in [0, 0.1) is 0 Å². The zero-order chi connectivity index (χ0) is 20.9. The number of rotatable bonds is 6. The first-order valence-electron chi connectivity index (χ1n) is 11.1. The molecule has 30 heavy (non-hydrogen) atoms. The third-order valence-electron chi connectivity index (χ3n) is 6.16. The summed E-state index contributed by atoms with van der Waals surface area (Å²) in [6.07, 6.45) is 5.33. The van der Waals surface area contributed by atoms with Crippen molar-refractivity contribution < 1.29 is 9.59 Å². The molecule has 0 unspecified atom stereocenters. The van der Waals surface area contributed by atoms with E-state index in [0.717, 1.165) is 31.6 Å². The van der Waals surface area contributed by atoms with Crippen molar-refractivity contribution in [2.75, 3.05) is 31.6 Å². The normalized spacial score (nSPS) is 16.8. The standard InChI is InChI=1S/C25H31N3O2/c1-26(19-22-10-3-4-12-23(22)27-14-5-2-6-15-27)25(30)21-11-7-9-20(17-21)18-28-16-8-13-24(28)29/h3-4,7,9-12,17H,2,5-6,8,13-16,18-19H2,1H3. The van der Waals surface area contributed by atoms with Gasteiger partial charge >= 0.3 is 0 Å². The first-order chi connectivity index (χ1) is 14.6. The zero-order valence-corrected chi connectivity index (χ0v) is 17.8. The quantitative estimate of drug-likeness (QED) is 0.728. The second-order valence-electron chi connectivity index (χ2n) is 8.46. The summed E-state index contributed by atoms with van der Waals surface area (Å²) < 4.78 is 0. The molecule has 5 nitrogen and oxygen atoms in total. The van der Waals surface area contributed by atoms with Crippen molar-refractivity contribution in [3.05, 3.63) is 65.2 Å². The molecule has 2 aliphatic heterocycles. The number of anilines is 1. The van der Waals surface area contributed by atoms with Gasteiger partial charge in [-0.15, -0.1) is 0 Å². The Balaban J connectivity index is 1.45. The molecule has 5 heteroatoms. The number of hydrogen-bond acceptors (Lipinski definition) is 3. The van der Waals surface area contributed by atoms with Crippen LogP contribution in [0.5, 0.6) is 0 Å². The van der Waals surface area contributed by atoms with Crippen molar-refractivity contribution in [1.29, 1.82) is 0 Å². The Morgan fingerprint density at radius 2 is 1.77 bits per heavy atom. The molecule has 2 aromatic carbocycles. The van der Waals surface area contributed by atoms with Gasteiger partial charge in [-0.1, -0.05) is 30.3 Å². The van der Waals surface area contributed by atoms with Crippen LogP contribution < -0.4 is 4.90 Å². The summed E-state index contributed by atoms with van der Waals surface area (Å²) in [5.74, 6) is 0.219. The summed E-state index contributed by atoms with van der Waals surface area (Å²) in [4.78, 5) is 31.2.